The Labute approximate surface area is 114 Å². The van der Waals surface area contributed by atoms with Crippen LogP contribution in [0.4, 0.5) is 4.79 Å². The minimum absolute atomic E-state index is 0.0642. The molecule has 0 aromatic heterocycles. The van der Waals surface area contributed by atoms with Crippen molar-refractivity contribution in [3.63, 3.8) is 0 Å². The van der Waals surface area contributed by atoms with Crippen LogP contribution < -0.4 is 16.0 Å². The van der Waals surface area contributed by atoms with E-state index >= 15 is 0 Å². The van der Waals surface area contributed by atoms with Crippen LogP contribution in [0.15, 0.2) is 0 Å². The van der Waals surface area contributed by atoms with Gasteiger partial charge < -0.3 is 21.1 Å². The second-order valence-corrected chi connectivity index (χ2v) is 5.07. The topological polar surface area (TPSA) is 90.5 Å². The van der Waals surface area contributed by atoms with Crippen molar-refractivity contribution in [2.75, 3.05) is 20.1 Å². The average Bonchev–Trinajstić information content (AvgIpc) is 2.41. The molecule has 110 valence electrons. The fraction of sp³-hybridized carbons (Fsp3) is 0.846. The molecule has 0 aliphatic heterocycles. The minimum Gasteiger partial charge on any atom is -0.480 e. The normalized spacial score (nSPS) is 17.7. The number of aliphatic carboxylic acids is 1. The average molecular weight is 271 g/mol. The Morgan fingerprint density at radius 2 is 1.89 bits per heavy atom. The zero-order valence-corrected chi connectivity index (χ0v) is 11.6. The molecule has 19 heavy (non-hydrogen) atoms. The maximum atomic E-state index is 11.7. The SMILES string of the molecule is CNCCCNC(=O)NC(C(=O)O)C1CCCCC1. The van der Waals surface area contributed by atoms with Crippen molar-refractivity contribution in [3.05, 3.63) is 0 Å². The van der Waals surface area contributed by atoms with Crippen molar-refractivity contribution >= 4 is 12.0 Å². The van der Waals surface area contributed by atoms with Gasteiger partial charge in [0.25, 0.3) is 0 Å². The van der Waals surface area contributed by atoms with Gasteiger partial charge >= 0.3 is 12.0 Å². The Morgan fingerprint density at radius 3 is 2.47 bits per heavy atom. The second kappa shape index (κ2) is 8.74. The van der Waals surface area contributed by atoms with Crippen molar-refractivity contribution in [1.29, 1.82) is 0 Å². The van der Waals surface area contributed by atoms with Gasteiger partial charge in [0.2, 0.25) is 0 Å². The summed E-state index contributed by atoms with van der Waals surface area (Å²) in [5.74, 6) is -0.869. The molecule has 0 aromatic rings. The first-order chi connectivity index (χ1) is 9.15. The minimum atomic E-state index is -0.933. The summed E-state index contributed by atoms with van der Waals surface area (Å²) in [4.78, 5) is 22.9. The van der Waals surface area contributed by atoms with Gasteiger partial charge in [-0.25, -0.2) is 9.59 Å². The van der Waals surface area contributed by atoms with E-state index in [1.165, 1.54) is 6.42 Å². The fourth-order valence-corrected chi connectivity index (χ4v) is 2.51. The van der Waals surface area contributed by atoms with E-state index < -0.39 is 12.0 Å². The molecule has 1 aliphatic carbocycles. The van der Waals surface area contributed by atoms with Gasteiger partial charge in [-0.3, -0.25) is 0 Å². The third-order valence-corrected chi connectivity index (χ3v) is 3.56. The summed E-state index contributed by atoms with van der Waals surface area (Å²) in [5.41, 5.74) is 0. The number of urea groups is 1. The highest BCUT2D eigenvalue weighted by Crippen LogP contribution is 2.26. The number of carbonyl (C=O) groups excluding carboxylic acids is 1. The number of amides is 2. The van der Waals surface area contributed by atoms with Crippen LogP contribution in [0.25, 0.3) is 0 Å². The highest BCUT2D eigenvalue weighted by atomic mass is 16.4. The summed E-state index contributed by atoms with van der Waals surface area (Å²) in [5, 5.41) is 17.5. The molecular weight excluding hydrogens is 246 g/mol. The summed E-state index contributed by atoms with van der Waals surface area (Å²) in [7, 11) is 1.85. The van der Waals surface area contributed by atoms with E-state index in [2.05, 4.69) is 16.0 Å². The number of carboxylic acids is 1. The molecule has 1 rings (SSSR count). The lowest BCUT2D eigenvalue weighted by Gasteiger charge is -2.28. The maximum absolute atomic E-state index is 11.7. The van der Waals surface area contributed by atoms with Crippen molar-refractivity contribution < 1.29 is 14.7 Å². The number of hydrogen-bond acceptors (Lipinski definition) is 3. The predicted octanol–water partition coefficient (Wildman–Crippen LogP) is 0.929. The van der Waals surface area contributed by atoms with Crippen molar-refractivity contribution in [1.82, 2.24) is 16.0 Å². The van der Waals surface area contributed by atoms with E-state index in [1.807, 2.05) is 7.05 Å². The van der Waals surface area contributed by atoms with Gasteiger partial charge in [0, 0.05) is 6.54 Å². The first kappa shape index (κ1) is 15.8. The highest BCUT2D eigenvalue weighted by molar-refractivity contribution is 5.82. The molecule has 0 bridgehead atoms. The van der Waals surface area contributed by atoms with E-state index in [0.717, 1.165) is 38.6 Å². The molecule has 1 atom stereocenters. The van der Waals surface area contributed by atoms with Crippen molar-refractivity contribution in [2.45, 2.75) is 44.6 Å². The number of hydrogen-bond donors (Lipinski definition) is 4. The van der Waals surface area contributed by atoms with Crippen LogP contribution in [-0.2, 0) is 4.79 Å². The highest BCUT2D eigenvalue weighted by Gasteiger charge is 2.30. The van der Waals surface area contributed by atoms with Gasteiger partial charge in [-0.1, -0.05) is 19.3 Å². The lowest BCUT2D eigenvalue weighted by atomic mass is 9.84. The van der Waals surface area contributed by atoms with Crippen LogP contribution in [0, 0.1) is 5.92 Å². The number of rotatable bonds is 7. The molecule has 4 N–H and O–H groups in total. The number of carbonyl (C=O) groups is 2. The first-order valence-electron chi connectivity index (χ1n) is 7.07. The molecule has 0 heterocycles. The molecule has 0 spiro atoms. The molecule has 1 saturated carbocycles. The lowest BCUT2D eigenvalue weighted by Crippen LogP contribution is -2.50. The standard InChI is InChI=1S/C13H25N3O3/c1-14-8-5-9-15-13(19)16-11(12(17)18)10-6-3-2-4-7-10/h10-11,14H,2-9H2,1H3,(H,17,18)(H2,15,16,19). The number of nitrogens with one attached hydrogen (secondary N) is 3. The summed E-state index contributed by atoms with van der Waals surface area (Å²) >= 11 is 0. The Kier molecular flexibility index (Phi) is 7.25. The second-order valence-electron chi connectivity index (χ2n) is 5.07. The Hall–Kier alpha value is -1.30. The Morgan fingerprint density at radius 1 is 1.21 bits per heavy atom. The molecule has 1 fully saturated rings. The van der Waals surface area contributed by atoms with Gasteiger partial charge in [-0.05, 0) is 38.8 Å². The quantitative estimate of drug-likeness (QED) is 0.518. The smallest absolute Gasteiger partial charge is 0.326 e. The largest absolute Gasteiger partial charge is 0.480 e. The zero-order valence-electron chi connectivity index (χ0n) is 11.6. The molecule has 0 aromatic carbocycles. The molecule has 0 saturated heterocycles. The van der Waals surface area contributed by atoms with E-state index in [9.17, 15) is 14.7 Å². The molecule has 6 heteroatoms. The fourth-order valence-electron chi connectivity index (χ4n) is 2.51. The maximum Gasteiger partial charge on any atom is 0.326 e. The Balaban J connectivity index is 2.35. The summed E-state index contributed by atoms with van der Waals surface area (Å²) in [6, 6.07) is -1.14. The van der Waals surface area contributed by atoms with Crippen LogP contribution in [0.5, 0.6) is 0 Å². The van der Waals surface area contributed by atoms with E-state index in [4.69, 9.17) is 0 Å². The molecule has 2 amide bonds. The van der Waals surface area contributed by atoms with Gasteiger partial charge in [0.1, 0.15) is 6.04 Å². The van der Waals surface area contributed by atoms with Gasteiger partial charge in [-0.2, -0.15) is 0 Å². The first-order valence-corrected chi connectivity index (χ1v) is 7.07. The molecule has 1 unspecified atom stereocenters. The zero-order chi connectivity index (χ0) is 14.1. The lowest BCUT2D eigenvalue weighted by molar-refractivity contribution is -0.141. The van der Waals surface area contributed by atoms with Crippen molar-refractivity contribution in [3.8, 4) is 0 Å². The third kappa shape index (κ3) is 5.92. The summed E-state index contributed by atoms with van der Waals surface area (Å²) < 4.78 is 0. The van der Waals surface area contributed by atoms with Crippen LogP contribution in [0.3, 0.4) is 0 Å². The summed E-state index contributed by atoms with van der Waals surface area (Å²) in [6.07, 6.45) is 5.87. The van der Waals surface area contributed by atoms with E-state index in [0.29, 0.717) is 6.54 Å². The van der Waals surface area contributed by atoms with Crippen LogP contribution in [0.2, 0.25) is 0 Å². The molecule has 0 radical (unpaired) electrons. The number of carboxylic acid groups (broad SMARTS) is 1. The van der Waals surface area contributed by atoms with Gasteiger partial charge in [-0.15, -0.1) is 0 Å². The molecule has 1 aliphatic rings. The van der Waals surface area contributed by atoms with E-state index in [1.54, 1.807) is 0 Å². The molecular formula is C13H25N3O3. The van der Waals surface area contributed by atoms with Crippen molar-refractivity contribution in [2.24, 2.45) is 5.92 Å². The Bertz CT molecular complexity index is 291. The van der Waals surface area contributed by atoms with Crippen LogP contribution in [-0.4, -0.2) is 43.3 Å². The van der Waals surface area contributed by atoms with Gasteiger partial charge in [0.05, 0.1) is 0 Å². The van der Waals surface area contributed by atoms with Crippen LogP contribution in [0.1, 0.15) is 38.5 Å². The van der Waals surface area contributed by atoms with Crippen LogP contribution >= 0.6 is 0 Å². The molecule has 6 nitrogen and oxygen atoms in total. The monoisotopic (exact) mass is 271 g/mol. The van der Waals surface area contributed by atoms with Gasteiger partial charge in [0.15, 0.2) is 0 Å². The van der Waals surface area contributed by atoms with E-state index in [-0.39, 0.29) is 11.9 Å². The summed E-state index contributed by atoms with van der Waals surface area (Å²) in [6.45, 7) is 1.37. The third-order valence-electron chi connectivity index (χ3n) is 3.56. The predicted molar refractivity (Wildman–Crippen MR) is 73.1 cm³/mol.